The molecule has 0 radical (unpaired) electrons. The van der Waals surface area contributed by atoms with Gasteiger partial charge in [-0.15, -0.1) is 0 Å². The molecule has 1 aliphatic heterocycles. The number of hydroxylamine groups is 2. The van der Waals surface area contributed by atoms with Crippen molar-refractivity contribution in [1.29, 1.82) is 0 Å². The highest BCUT2D eigenvalue weighted by molar-refractivity contribution is 7.99. The Labute approximate surface area is 148 Å². The molecule has 2 heterocycles. The van der Waals surface area contributed by atoms with Crippen molar-refractivity contribution in [2.24, 2.45) is 0 Å². The lowest BCUT2D eigenvalue weighted by Gasteiger charge is -2.13. The van der Waals surface area contributed by atoms with E-state index in [1.54, 1.807) is 20.1 Å². The number of aromatic nitrogens is 2. The third-order valence-electron chi connectivity index (χ3n) is 3.46. The van der Waals surface area contributed by atoms with E-state index in [0.29, 0.717) is 23.2 Å². The molecule has 0 unspecified atom stereocenters. The fraction of sp³-hybridized carbons (Fsp3) is 0.312. The maximum atomic E-state index is 12.3. The van der Waals surface area contributed by atoms with Gasteiger partial charge in [0.05, 0.1) is 32.2 Å². The summed E-state index contributed by atoms with van der Waals surface area (Å²) in [6, 6.07) is 5.44. The maximum Gasteiger partial charge on any atom is 0.356 e. The van der Waals surface area contributed by atoms with Crippen LogP contribution in [-0.2, 0) is 16.1 Å². The van der Waals surface area contributed by atoms with Crippen molar-refractivity contribution in [3.8, 4) is 11.5 Å². The molecule has 1 amide bonds. The quantitative estimate of drug-likeness (QED) is 0.620. The number of imidazole rings is 1. The summed E-state index contributed by atoms with van der Waals surface area (Å²) in [4.78, 5) is 36.3. The van der Waals surface area contributed by atoms with Crippen molar-refractivity contribution in [2.75, 3.05) is 19.5 Å². The molecule has 0 saturated carbocycles. The molecule has 132 valence electrons. The van der Waals surface area contributed by atoms with E-state index in [2.05, 4.69) is 9.97 Å². The molecular formula is C16H17N3O5S. The normalized spacial score (nSPS) is 12.5. The third-order valence-corrected chi connectivity index (χ3v) is 4.33. The van der Waals surface area contributed by atoms with E-state index < -0.39 is 5.97 Å². The van der Waals surface area contributed by atoms with Crippen LogP contribution in [0.1, 0.15) is 23.0 Å². The zero-order chi connectivity index (χ0) is 17.8. The Morgan fingerprint density at radius 2 is 2.28 bits per heavy atom. The first-order valence-corrected chi connectivity index (χ1v) is 8.59. The fourth-order valence-corrected chi connectivity index (χ4v) is 2.93. The van der Waals surface area contributed by atoms with Crippen molar-refractivity contribution < 1.29 is 23.9 Å². The number of aromatic amines is 1. The monoisotopic (exact) mass is 363 g/mol. The molecule has 0 bridgehead atoms. The predicted molar refractivity (Wildman–Crippen MR) is 89.4 cm³/mol. The first-order chi connectivity index (χ1) is 12.1. The summed E-state index contributed by atoms with van der Waals surface area (Å²) in [6.07, 6.45) is 1.39. The van der Waals surface area contributed by atoms with E-state index in [9.17, 15) is 9.59 Å². The van der Waals surface area contributed by atoms with Gasteiger partial charge in [0.25, 0.3) is 5.91 Å². The summed E-state index contributed by atoms with van der Waals surface area (Å²) < 4.78 is 10.0. The number of methoxy groups -OCH3 is 1. The predicted octanol–water partition coefficient (Wildman–Crippen LogP) is 2.02. The Balaban J connectivity index is 1.54. The first-order valence-electron chi connectivity index (χ1n) is 7.61. The average molecular weight is 363 g/mol. The summed E-state index contributed by atoms with van der Waals surface area (Å²) in [6.45, 7) is 2.40. The zero-order valence-electron chi connectivity index (χ0n) is 13.8. The lowest BCUT2D eigenvalue weighted by molar-refractivity contribution is -0.151. The number of fused-ring (bicyclic) bond motifs is 1. The van der Waals surface area contributed by atoms with Gasteiger partial charge in [-0.05, 0) is 19.1 Å². The maximum absolute atomic E-state index is 12.3. The highest BCUT2D eigenvalue weighted by atomic mass is 32.2. The summed E-state index contributed by atoms with van der Waals surface area (Å²) in [7, 11) is 1.57. The molecule has 9 heteroatoms. The van der Waals surface area contributed by atoms with E-state index in [4.69, 9.17) is 14.3 Å². The smallest absolute Gasteiger partial charge is 0.356 e. The molecule has 0 spiro atoms. The van der Waals surface area contributed by atoms with E-state index in [1.165, 1.54) is 23.0 Å². The Bertz CT molecular complexity index is 792. The van der Waals surface area contributed by atoms with Crippen molar-refractivity contribution >= 4 is 23.6 Å². The average Bonchev–Trinajstić information content (AvgIpc) is 3.26. The van der Waals surface area contributed by atoms with Gasteiger partial charge in [0.1, 0.15) is 11.4 Å². The number of H-pyrrole nitrogens is 1. The second-order valence-corrected chi connectivity index (χ2v) is 6.07. The Morgan fingerprint density at radius 1 is 1.44 bits per heavy atom. The van der Waals surface area contributed by atoms with Gasteiger partial charge in [-0.25, -0.2) is 9.78 Å². The van der Waals surface area contributed by atoms with E-state index >= 15 is 0 Å². The minimum absolute atomic E-state index is 0.126. The van der Waals surface area contributed by atoms with Crippen LogP contribution in [0.5, 0.6) is 11.5 Å². The molecule has 3 rings (SSSR count). The van der Waals surface area contributed by atoms with Crippen molar-refractivity contribution in [1.82, 2.24) is 15.0 Å². The fourth-order valence-electron chi connectivity index (χ4n) is 2.21. The van der Waals surface area contributed by atoms with Gasteiger partial charge in [-0.2, -0.15) is 5.06 Å². The van der Waals surface area contributed by atoms with Gasteiger partial charge in [0, 0.05) is 11.6 Å². The first kappa shape index (κ1) is 17.2. The molecule has 1 aromatic heterocycles. The third kappa shape index (κ3) is 3.87. The number of rotatable bonds is 6. The highest BCUT2D eigenvalue weighted by Gasteiger charge is 2.26. The number of nitrogens with zero attached hydrogens (tertiary/aromatic N) is 2. The number of nitrogens with one attached hydrogen (secondary N) is 1. The van der Waals surface area contributed by atoms with Crippen LogP contribution in [0.25, 0.3) is 0 Å². The number of thioether (sulfide) groups is 1. The molecule has 8 nitrogen and oxygen atoms in total. The van der Waals surface area contributed by atoms with Gasteiger partial charge in [-0.3, -0.25) is 4.79 Å². The number of hydrogen-bond donors (Lipinski definition) is 1. The number of carbonyl (C=O) groups is 2. The molecule has 0 aliphatic carbocycles. The number of benzene rings is 1. The van der Waals surface area contributed by atoms with Gasteiger partial charge >= 0.3 is 5.97 Å². The van der Waals surface area contributed by atoms with Crippen LogP contribution >= 0.6 is 11.8 Å². The lowest BCUT2D eigenvalue weighted by atomic mass is 10.2. The van der Waals surface area contributed by atoms with Crippen molar-refractivity contribution in [3.63, 3.8) is 0 Å². The van der Waals surface area contributed by atoms with Crippen LogP contribution in [0.3, 0.4) is 0 Å². The molecule has 2 aromatic rings. The van der Waals surface area contributed by atoms with Gasteiger partial charge in [0.15, 0.2) is 10.9 Å². The standard InChI is InChI=1S/C16H17N3O5S/c1-3-23-15(21)12-7-17-16(18-12)25-9-14(20)19-8-10-4-5-11(22-2)6-13(10)24-19/h4-7H,3,8-9H2,1-2H3,(H,17,18). The largest absolute Gasteiger partial charge is 0.497 e. The van der Waals surface area contributed by atoms with Crippen LogP contribution in [0, 0.1) is 0 Å². The molecule has 1 N–H and O–H groups in total. The highest BCUT2D eigenvalue weighted by Crippen LogP contribution is 2.32. The topological polar surface area (TPSA) is 93.8 Å². The second-order valence-electron chi connectivity index (χ2n) is 5.11. The minimum atomic E-state index is -0.472. The number of amides is 1. The molecule has 0 atom stereocenters. The number of ether oxygens (including phenoxy) is 2. The summed E-state index contributed by atoms with van der Waals surface area (Å²) in [5.74, 6) is 0.737. The van der Waals surface area contributed by atoms with Crippen molar-refractivity contribution in [3.05, 3.63) is 35.7 Å². The Morgan fingerprint density at radius 3 is 3.04 bits per heavy atom. The van der Waals surface area contributed by atoms with Crippen LogP contribution in [-0.4, -0.2) is 46.4 Å². The molecule has 0 saturated heterocycles. The minimum Gasteiger partial charge on any atom is -0.497 e. The van der Waals surface area contributed by atoms with Crippen LogP contribution in [0.2, 0.25) is 0 Å². The zero-order valence-corrected chi connectivity index (χ0v) is 14.6. The SMILES string of the molecule is CCOC(=O)c1cnc(SCC(=O)N2Cc3ccc(OC)cc3O2)[nH]1. The molecule has 1 aliphatic rings. The van der Waals surface area contributed by atoms with Crippen LogP contribution in [0.15, 0.2) is 29.6 Å². The number of hydrogen-bond acceptors (Lipinski definition) is 7. The van der Waals surface area contributed by atoms with Crippen LogP contribution < -0.4 is 9.57 Å². The van der Waals surface area contributed by atoms with E-state index in [0.717, 1.165) is 5.56 Å². The molecule has 1 aromatic carbocycles. The molecular weight excluding hydrogens is 346 g/mol. The van der Waals surface area contributed by atoms with Gasteiger partial charge in [-0.1, -0.05) is 11.8 Å². The van der Waals surface area contributed by atoms with Crippen molar-refractivity contribution in [2.45, 2.75) is 18.6 Å². The van der Waals surface area contributed by atoms with Gasteiger partial charge in [0.2, 0.25) is 0 Å². The number of carbonyl (C=O) groups excluding carboxylic acids is 2. The Hall–Kier alpha value is -2.68. The van der Waals surface area contributed by atoms with Gasteiger partial charge < -0.3 is 19.3 Å². The summed E-state index contributed by atoms with van der Waals surface area (Å²) in [5, 5.41) is 1.77. The molecule has 25 heavy (non-hydrogen) atoms. The van der Waals surface area contributed by atoms with E-state index in [-0.39, 0.29) is 24.0 Å². The molecule has 0 fully saturated rings. The van der Waals surface area contributed by atoms with E-state index in [1.807, 2.05) is 12.1 Å². The second kappa shape index (κ2) is 7.47. The lowest BCUT2D eigenvalue weighted by Crippen LogP contribution is -2.30. The van der Waals surface area contributed by atoms with Crippen LogP contribution in [0.4, 0.5) is 0 Å². The number of esters is 1. The summed E-state index contributed by atoms with van der Waals surface area (Å²) in [5.41, 5.74) is 1.18. The Kier molecular flexibility index (Phi) is 5.13. The summed E-state index contributed by atoms with van der Waals surface area (Å²) >= 11 is 1.19.